The molecule has 0 aliphatic rings. The fourth-order valence-electron chi connectivity index (χ4n) is 2.56. The summed E-state index contributed by atoms with van der Waals surface area (Å²) in [4.78, 5) is 25.2. The average molecular weight is 364 g/mol. The van der Waals surface area contributed by atoms with Gasteiger partial charge in [-0.1, -0.05) is 30.3 Å². The van der Waals surface area contributed by atoms with E-state index in [9.17, 15) is 9.59 Å². The van der Waals surface area contributed by atoms with Crippen LogP contribution >= 0.6 is 11.8 Å². The molecule has 6 nitrogen and oxygen atoms in total. The van der Waals surface area contributed by atoms with E-state index in [0.29, 0.717) is 34.3 Å². The number of amides is 1. The Morgan fingerprint density at radius 2 is 1.88 bits per heavy atom. The second kappa shape index (κ2) is 8.32. The van der Waals surface area contributed by atoms with E-state index in [4.69, 9.17) is 5.26 Å². The third-order valence-corrected chi connectivity index (χ3v) is 4.81. The Labute approximate surface area is 154 Å². The number of hydrogen-bond acceptors (Lipinski definition) is 5. The Bertz CT molecular complexity index is 1040. The zero-order valence-corrected chi connectivity index (χ0v) is 14.7. The number of thioether (sulfide) groups is 1. The molecule has 0 fully saturated rings. The number of aromatic amines is 1. The van der Waals surface area contributed by atoms with Crippen LogP contribution in [0.3, 0.4) is 0 Å². The first-order valence-electron chi connectivity index (χ1n) is 8.04. The zero-order valence-electron chi connectivity index (χ0n) is 13.9. The van der Waals surface area contributed by atoms with Crippen molar-refractivity contribution in [3.05, 3.63) is 64.6 Å². The van der Waals surface area contributed by atoms with Crippen molar-refractivity contribution in [2.45, 2.75) is 17.7 Å². The summed E-state index contributed by atoms with van der Waals surface area (Å²) in [6.07, 6.45) is 0.495. The molecule has 1 aromatic heterocycles. The molecule has 130 valence electrons. The molecule has 1 heterocycles. The van der Waals surface area contributed by atoms with Crippen LogP contribution in [-0.2, 0) is 11.2 Å². The van der Waals surface area contributed by atoms with Crippen molar-refractivity contribution < 1.29 is 4.79 Å². The highest BCUT2D eigenvalue weighted by molar-refractivity contribution is 7.99. The van der Waals surface area contributed by atoms with Gasteiger partial charge in [0, 0.05) is 22.5 Å². The van der Waals surface area contributed by atoms with E-state index in [1.165, 1.54) is 11.8 Å². The minimum Gasteiger partial charge on any atom is -0.325 e. The highest BCUT2D eigenvalue weighted by atomic mass is 32.2. The molecule has 0 spiro atoms. The first kappa shape index (κ1) is 17.7. The third kappa shape index (κ3) is 4.10. The summed E-state index contributed by atoms with van der Waals surface area (Å²) >= 11 is 1.52. The summed E-state index contributed by atoms with van der Waals surface area (Å²) in [5, 5.41) is 19.2. The van der Waals surface area contributed by atoms with Gasteiger partial charge in [0.15, 0.2) is 0 Å². The fourth-order valence-corrected chi connectivity index (χ4v) is 3.42. The largest absolute Gasteiger partial charge is 0.325 e. The number of carbonyl (C=O) groups is 1. The molecule has 0 unspecified atom stereocenters. The number of hydrogen-bond donors (Lipinski definition) is 2. The number of rotatable bonds is 6. The molecule has 0 aliphatic carbocycles. The first-order chi connectivity index (χ1) is 12.7. The van der Waals surface area contributed by atoms with Crippen LogP contribution in [0.15, 0.2) is 58.2 Å². The van der Waals surface area contributed by atoms with Gasteiger partial charge >= 0.3 is 0 Å². The summed E-state index contributed by atoms with van der Waals surface area (Å²) < 4.78 is 0. The van der Waals surface area contributed by atoms with Crippen molar-refractivity contribution >= 4 is 34.1 Å². The van der Waals surface area contributed by atoms with Crippen molar-refractivity contribution in [3.8, 4) is 6.07 Å². The van der Waals surface area contributed by atoms with Crippen molar-refractivity contribution in [2.75, 3.05) is 11.1 Å². The standard InChI is InChI=1S/C19H16N4O2S/c20-10-5-11-26-17-9-4-3-8-15(17)21-18(24)12-16-13-6-1-2-7-14(13)19(25)23-22-16/h1-4,6-9H,5,11-12H2,(H,21,24)(H,23,25). The lowest BCUT2D eigenvalue weighted by molar-refractivity contribution is -0.115. The number of nitrogens with zero attached hydrogens (tertiary/aromatic N) is 2. The Morgan fingerprint density at radius 1 is 1.15 bits per heavy atom. The van der Waals surface area contributed by atoms with Gasteiger partial charge in [0.1, 0.15) is 0 Å². The second-order valence-corrected chi connectivity index (χ2v) is 6.66. The number of H-pyrrole nitrogens is 1. The molecule has 3 rings (SSSR count). The van der Waals surface area contributed by atoms with Gasteiger partial charge < -0.3 is 5.32 Å². The number of nitrogens with one attached hydrogen (secondary N) is 2. The van der Waals surface area contributed by atoms with E-state index in [2.05, 4.69) is 21.6 Å². The smallest absolute Gasteiger partial charge is 0.272 e. The minimum absolute atomic E-state index is 0.0501. The average Bonchev–Trinajstić information content (AvgIpc) is 2.66. The Morgan fingerprint density at radius 3 is 2.69 bits per heavy atom. The third-order valence-electron chi connectivity index (χ3n) is 3.74. The molecule has 0 bridgehead atoms. The summed E-state index contributed by atoms with van der Waals surface area (Å²) in [7, 11) is 0. The van der Waals surface area contributed by atoms with Crippen LogP contribution in [0, 0.1) is 11.3 Å². The van der Waals surface area contributed by atoms with E-state index in [1.807, 2.05) is 30.3 Å². The minimum atomic E-state index is -0.274. The fraction of sp³-hybridized carbons (Fsp3) is 0.158. The van der Waals surface area contributed by atoms with Gasteiger partial charge in [-0.25, -0.2) is 5.10 Å². The van der Waals surface area contributed by atoms with Gasteiger partial charge in [-0.15, -0.1) is 11.8 Å². The Hall–Kier alpha value is -3.11. The zero-order chi connectivity index (χ0) is 18.4. The van der Waals surface area contributed by atoms with E-state index in [-0.39, 0.29) is 17.9 Å². The van der Waals surface area contributed by atoms with Gasteiger partial charge in [0.25, 0.3) is 5.56 Å². The van der Waals surface area contributed by atoms with Crippen molar-refractivity contribution in [2.24, 2.45) is 0 Å². The molecule has 7 heteroatoms. The summed E-state index contributed by atoms with van der Waals surface area (Å²) in [6, 6.07) is 16.7. The first-order valence-corrected chi connectivity index (χ1v) is 9.02. The molecule has 0 atom stereocenters. The number of carbonyl (C=O) groups excluding carboxylic acids is 1. The van der Waals surface area contributed by atoms with E-state index >= 15 is 0 Å². The second-order valence-electron chi connectivity index (χ2n) is 5.52. The molecule has 2 N–H and O–H groups in total. The molecule has 0 radical (unpaired) electrons. The number of nitriles is 1. The van der Waals surface area contributed by atoms with Gasteiger partial charge in [0.05, 0.1) is 29.3 Å². The van der Waals surface area contributed by atoms with Gasteiger partial charge in [0.2, 0.25) is 5.91 Å². The van der Waals surface area contributed by atoms with Crippen LogP contribution < -0.4 is 10.9 Å². The molecular weight excluding hydrogens is 348 g/mol. The van der Waals surface area contributed by atoms with Crippen LogP contribution in [-0.4, -0.2) is 21.9 Å². The Balaban J connectivity index is 1.78. The molecule has 0 saturated carbocycles. The lowest BCUT2D eigenvalue weighted by Gasteiger charge is -2.10. The van der Waals surface area contributed by atoms with Gasteiger partial charge in [-0.05, 0) is 18.2 Å². The van der Waals surface area contributed by atoms with E-state index < -0.39 is 0 Å². The summed E-state index contributed by atoms with van der Waals surface area (Å²) in [6.45, 7) is 0. The van der Waals surface area contributed by atoms with Crippen molar-refractivity contribution in [3.63, 3.8) is 0 Å². The topological polar surface area (TPSA) is 98.6 Å². The quantitative estimate of drug-likeness (QED) is 0.517. The van der Waals surface area contributed by atoms with E-state index in [0.717, 1.165) is 4.90 Å². The van der Waals surface area contributed by atoms with Gasteiger partial charge in [-0.2, -0.15) is 10.4 Å². The maximum absolute atomic E-state index is 12.5. The number of para-hydroxylation sites is 1. The lowest BCUT2D eigenvalue weighted by Crippen LogP contribution is -2.18. The van der Waals surface area contributed by atoms with Crippen LogP contribution in [0.25, 0.3) is 10.8 Å². The highest BCUT2D eigenvalue weighted by Crippen LogP contribution is 2.27. The lowest BCUT2D eigenvalue weighted by atomic mass is 10.1. The number of aromatic nitrogens is 2. The molecular formula is C19H16N4O2S. The van der Waals surface area contributed by atoms with Crippen LogP contribution in [0.2, 0.25) is 0 Å². The molecule has 0 saturated heterocycles. The summed E-state index contributed by atoms with van der Waals surface area (Å²) in [5.41, 5.74) is 0.950. The summed E-state index contributed by atoms with van der Waals surface area (Å²) in [5.74, 6) is 0.443. The predicted octanol–water partition coefficient (Wildman–Crippen LogP) is 3.11. The highest BCUT2D eigenvalue weighted by Gasteiger charge is 2.12. The van der Waals surface area contributed by atoms with Crippen molar-refractivity contribution in [1.82, 2.24) is 10.2 Å². The molecule has 1 amide bonds. The van der Waals surface area contributed by atoms with Crippen LogP contribution in [0.4, 0.5) is 5.69 Å². The van der Waals surface area contributed by atoms with Crippen LogP contribution in [0.5, 0.6) is 0 Å². The van der Waals surface area contributed by atoms with E-state index in [1.54, 1.807) is 18.2 Å². The normalized spacial score (nSPS) is 10.4. The maximum Gasteiger partial charge on any atom is 0.272 e. The SMILES string of the molecule is N#CCCSc1ccccc1NC(=O)Cc1n[nH]c(=O)c2ccccc12. The maximum atomic E-state index is 12.5. The predicted molar refractivity (Wildman–Crippen MR) is 102 cm³/mol. The number of fused-ring (bicyclic) bond motifs is 1. The van der Waals surface area contributed by atoms with Gasteiger partial charge in [-0.3, -0.25) is 9.59 Å². The number of benzene rings is 2. The molecule has 2 aromatic carbocycles. The number of anilines is 1. The van der Waals surface area contributed by atoms with Crippen LogP contribution in [0.1, 0.15) is 12.1 Å². The molecule has 26 heavy (non-hydrogen) atoms. The molecule has 0 aliphatic heterocycles. The van der Waals surface area contributed by atoms with Crippen molar-refractivity contribution in [1.29, 1.82) is 5.26 Å². The monoisotopic (exact) mass is 364 g/mol. The molecule has 3 aromatic rings. The Kier molecular flexibility index (Phi) is 5.66.